The lowest BCUT2D eigenvalue weighted by Crippen LogP contribution is -2.47. The molecule has 0 N–H and O–H groups in total. The highest BCUT2D eigenvalue weighted by Gasteiger charge is 2.35. The number of fused-ring (bicyclic) bond motifs is 1. The van der Waals surface area contributed by atoms with Crippen LogP contribution in [0.25, 0.3) is 11.0 Å². The second kappa shape index (κ2) is 9.31. The van der Waals surface area contributed by atoms with E-state index in [1.807, 2.05) is 23.1 Å². The van der Waals surface area contributed by atoms with E-state index in [0.29, 0.717) is 43.0 Å². The number of para-hydroxylation sites is 2. The summed E-state index contributed by atoms with van der Waals surface area (Å²) in [6.07, 6.45) is 0. The van der Waals surface area contributed by atoms with Crippen molar-refractivity contribution in [1.29, 1.82) is 5.26 Å². The lowest BCUT2D eigenvalue weighted by Gasteiger charge is -2.37. The van der Waals surface area contributed by atoms with Gasteiger partial charge in [0.05, 0.1) is 22.0 Å². The SMILES string of the molecule is N#C[C@H](c1nc2ccccc2nc1N1CCN(c2ccc(F)cc2)CC1)S(=O)(=O)c1ccccc1. The van der Waals surface area contributed by atoms with Gasteiger partial charge < -0.3 is 9.80 Å². The minimum atomic E-state index is -4.03. The van der Waals surface area contributed by atoms with Crippen molar-refractivity contribution in [3.05, 3.63) is 90.4 Å². The summed E-state index contributed by atoms with van der Waals surface area (Å²) in [4.78, 5) is 13.6. The van der Waals surface area contributed by atoms with E-state index in [9.17, 15) is 18.1 Å². The van der Waals surface area contributed by atoms with Crippen LogP contribution in [0.4, 0.5) is 15.9 Å². The molecule has 7 nitrogen and oxygen atoms in total. The predicted molar refractivity (Wildman–Crippen MR) is 132 cm³/mol. The molecular weight excluding hydrogens is 465 g/mol. The van der Waals surface area contributed by atoms with Gasteiger partial charge in [-0.05, 0) is 48.5 Å². The number of benzene rings is 3. The number of hydrogen-bond acceptors (Lipinski definition) is 7. The summed E-state index contributed by atoms with van der Waals surface area (Å²) in [6, 6.07) is 23.5. The van der Waals surface area contributed by atoms with Crippen LogP contribution in [0.15, 0.2) is 83.8 Å². The minimum Gasteiger partial charge on any atom is -0.368 e. The third kappa shape index (κ3) is 4.40. The van der Waals surface area contributed by atoms with E-state index in [1.54, 1.807) is 42.5 Å². The summed E-state index contributed by atoms with van der Waals surface area (Å²) >= 11 is 0. The molecule has 1 saturated heterocycles. The molecule has 0 saturated carbocycles. The average molecular weight is 488 g/mol. The molecule has 3 aromatic carbocycles. The number of sulfone groups is 1. The van der Waals surface area contributed by atoms with Gasteiger partial charge in [0.15, 0.2) is 11.1 Å². The molecule has 1 fully saturated rings. The Morgan fingerprint density at radius 1 is 0.800 bits per heavy atom. The van der Waals surface area contributed by atoms with Crippen LogP contribution in [-0.4, -0.2) is 44.6 Å². The molecule has 9 heteroatoms. The quantitative estimate of drug-likeness (QED) is 0.418. The largest absolute Gasteiger partial charge is 0.368 e. The molecule has 0 aliphatic carbocycles. The van der Waals surface area contributed by atoms with Crippen molar-refractivity contribution in [2.45, 2.75) is 10.1 Å². The monoisotopic (exact) mass is 487 g/mol. The van der Waals surface area contributed by atoms with Crippen molar-refractivity contribution < 1.29 is 12.8 Å². The number of aromatic nitrogens is 2. The summed E-state index contributed by atoms with van der Waals surface area (Å²) in [5.74, 6) is 0.110. The smallest absolute Gasteiger partial charge is 0.200 e. The Morgan fingerprint density at radius 2 is 1.37 bits per heavy atom. The highest BCUT2D eigenvalue weighted by atomic mass is 32.2. The lowest BCUT2D eigenvalue weighted by molar-refractivity contribution is 0.589. The topological polar surface area (TPSA) is 90.2 Å². The van der Waals surface area contributed by atoms with Crippen LogP contribution in [0, 0.1) is 17.1 Å². The van der Waals surface area contributed by atoms with Crippen LogP contribution >= 0.6 is 0 Å². The van der Waals surface area contributed by atoms with Crippen molar-refractivity contribution in [2.75, 3.05) is 36.0 Å². The summed E-state index contributed by atoms with van der Waals surface area (Å²) < 4.78 is 40.2. The molecule has 1 aliphatic rings. The number of halogens is 1. The number of piperazine rings is 1. The Hall–Kier alpha value is -4.03. The molecule has 176 valence electrons. The zero-order valence-electron chi connectivity index (χ0n) is 18.8. The molecule has 0 radical (unpaired) electrons. The van der Waals surface area contributed by atoms with E-state index < -0.39 is 15.1 Å². The molecule has 35 heavy (non-hydrogen) atoms. The fourth-order valence-corrected chi connectivity index (χ4v) is 5.66. The summed E-state index contributed by atoms with van der Waals surface area (Å²) in [5.41, 5.74) is 2.20. The van der Waals surface area contributed by atoms with Gasteiger partial charge in [-0.2, -0.15) is 5.26 Å². The standard InChI is InChI=1S/C26H22FN5O2S/c27-19-10-12-20(13-11-19)31-14-16-32(17-15-31)26-25(29-22-8-4-5-9-23(22)30-26)24(18-28)35(33,34)21-6-2-1-3-7-21/h1-13,24H,14-17H2/t24-/m1/s1. The highest BCUT2D eigenvalue weighted by Crippen LogP contribution is 2.34. The molecule has 0 unspecified atom stereocenters. The number of nitriles is 1. The van der Waals surface area contributed by atoms with Gasteiger partial charge in [-0.1, -0.05) is 30.3 Å². The number of anilines is 2. The molecule has 5 rings (SSSR count). The molecule has 0 bridgehead atoms. The van der Waals surface area contributed by atoms with Crippen molar-refractivity contribution in [2.24, 2.45) is 0 Å². The van der Waals surface area contributed by atoms with Gasteiger partial charge in [0.25, 0.3) is 0 Å². The first-order valence-corrected chi connectivity index (χ1v) is 12.7. The second-order valence-electron chi connectivity index (χ2n) is 8.24. The summed E-state index contributed by atoms with van der Waals surface area (Å²) in [5, 5.41) is 8.52. The van der Waals surface area contributed by atoms with Crippen LogP contribution in [0.2, 0.25) is 0 Å². The van der Waals surface area contributed by atoms with Gasteiger partial charge in [-0.25, -0.2) is 22.8 Å². The molecule has 1 atom stereocenters. The number of nitrogens with zero attached hydrogens (tertiary/aromatic N) is 5. The van der Waals surface area contributed by atoms with E-state index in [4.69, 9.17) is 4.98 Å². The Bertz CT molecular complexity index is 1500. The Balaban J connectivity index is 1.53. The van der Waals surface area contributed by atoms with Gasteiger partial charge in [0.2, 0.25) is 9.84 Å². The summed E-state index contributed by atoms with van der Waals surface area (Å²) in [6.45, 7) is 2.34. The maximum atomic E-state index is 13.5. The van der Waals surface area contributed by atoms with Crippen LogP contribution < -0.4 is 9.80 Å². The van der Waals surface area contributed by atoms with Crippen molar-refractivity contribution in [3.63, 3.8) is 0 Å². The number of hydrogen-bond donors (Lipinski definition) is 0. The van der Waals surface area contributed by atoms with Crippen molar-refractivity contribution >= 4 is 32.4 Å². The van der Waals surface area contributed by atoms with E-state index in [0.717, 1.165) is 5.69 Å². The lowest BCUT2D eigenvalue weighted by atomic mass is 10.2. The Labute approximate surface area is 203 Å². The van der Waals surface area contributed by atoms with Gasteiger partial charge in [0.1, 0.15) is 11.5 Å². The Kier molecular flexibility index (Phi) is 6.05. The van der Waals surface area contributed by atoms with Crippen LogP contribution in [-0.2, 0) is 9.84 Å². The van der Waals surface area contributed by atoms with Gasteiger partial charge in [-0.15, -0.1) is 0 Å². The third-order valence-corrected chi connectivity index (χ3v) is 7.98. The first-order chi connectivity index (χ1) is 17.0. The first kappa shape index (κ1) is 22.7. The van der Waals surface area contributed by atoms with Crippen molar-refractivity contribution in [3.8, 4) is 6.07 Å². The maximum Gasteiger partial charge on any atom is 0.200 e. The molecule has 0 spiro atoms. The van der Waals surface area contributed by atoms with Crippen LogP contribution in [0.5, 0.6) is 0 Å². The fourth-order valence-electron chi connectivity index (χ4n) is 4.27. The van der Waals surface area contributed by atoms with Gasteiger partial charge >= 0.3 is 0 Å². The zero-order chi connectivity index (χ0) is 24.4. The average Bonchev–Trinajstić information content (AvgIpc) is 2.90. The molecular formula is C26H22FN5O2S. The normalized spacial score (nSPS) is 15.1. The molecule has 1 aromatic heterocycles. The second-order valence-corrected chi connectivity index (χ2v) is 10.3. The molecule has 1 aliphatic heterocycles. The van der Waals surface area contributed by atoms with Gasteiger partial charge in [0, 0.05) is 31.9 Å². The predicted octanol–water partition coefficient (Wildman–Crippen LogP) is 4.13. The minimum absolute atomic E-state index is 0.0635. The molecule has 4 aromatic rings. The third-order valence-electron chi connectivity index (χ3n) is 6.10. The van der Waals surface area contributed by atoms with E-state index in [-0.39, 0.29) is 16.4 Å². The fraction of sp³-hybridized carbons (Fsp3) is 0.192. The Morgan fingerprint density at radius 3 is 2.00 bits per heavy atom. The number of rotatable bonds is 5. The zero-order valence-corrected chi connectivity index (χ0v) is 19.6. The van der Waals surface area contributed by atoms with Crippen LogP contribution in [0.3, 0.4) is 0 Å². The molecule has 0 amide bonds. The van der Waals surface area contributed by atoms with E-state index >= 15 is 0 Å². The van der Waals surface area contributed by atoms with E-state index in [1.165, 1.54) is 24.3 Å². The van der Waals surface area contributed by atoms with E-state index in [2.05, 4.69) is 9.88 Å². The summed E-state index contributed by atoms with van der Waals surface area (Å²) in [7, 11) is -4.03. The van der Waals surface area contributed by atoms with Gasteiger partial charge in [-0.3, -0.25) is 0 Å². The maximum absolute atomic E-state index is 13.5. The molecule has 2 heterocycles. The van der Waals surface area contributed by atoms with Crippen LogP contribution in [0.1, 0.15) is 10.9 Å². The van der Waals surface area contributed by atoms with Crippen molar-refractivity contribution in [1.82, 2.24) is 9.97 Å². The highest BCUT2D eigenvalue weighted by molar-refractivity contribution is 7.92. The first-order valence-electron chi connectivity index (χ1n) is 11.2.